The lowest BCUT2D eigenvalue weighted by atomic mass is 9.91. The van der Waals surface area contributed by atoms with E-state index in [-0.39, 0.29) is 11.9 Å². The van der Waals surface area contributed by atoms with Crippen molar-refractivity contribution in [2.75, 3.05) is 18.1 Å². The summed E-state index contributed by atoms with van der Waals surface area (Å²) in [5, 5.41) is 3.49. The Morgan fingerprint density at radius 1 is 1.40 bits per heavy atom. The Bertz CT molecular complexity index is 494. The zero-order chi connectivity index (χ0) is 14.9. The van der Waals surface area contributed by atoms with Crippen LogP contribution in [0.25, 0.3) is 0 Å². The predicted octanol–water partition coefficient (Wildman–Crippen LogP) is 3.39. The summed E-state index contributed by atoms with van der Waals surface area (Å²) in [5.41, 5.74) is 6.53. The van der Waals surface area contributed by atoms with Crippen molar-refractivity contribution < 1.29 is 4.79 Å². The molecule has 2 rings (SSSR count). The van der Waals surface area contributed by atoms with Crippen LogP contribution in [0.4, 0.5) is 11.4 Å². The van der Waals surface area contributed by atoms with Gasteiger partial charge in [0.05, 0.1) is 21.8 Å². The summed E-state index contributed by atoms with van der Waals surface area (Å²) in [6.45, 7) is 1.88. The van der Waals surface area contributed by atoms with Crippen LogP contribution >= 0.6 is 23.2 Å². The number of halogens is 2. The maximum atomic E-state index is 12.3. The van der Waals surface area contributed by atoms with E-state index in [1.807, 2.05) is 14.0 Å². The van der Waals surface area contributed by atoms with Crippen LogP contribution in [-0.2, 0) is 4.79 Å². The zero-order valence-corrected chi connectivity index (χ0v) is 13.1. The minimum Gasteiger partial charge on any atom is -0.399 e. The number of nitrogens with one attached hydrogen (secondary N) is 1. The average molecular weight is 316 g/mol. The highest BCUT2D eigenvalue weighted by molar-refractivity contribution is 6.40. The van der Waals surface area contributed by atoms with E-state index in [2.05, 4.69) is 10.2 Å². The first kappa shape index (κ1) is 15.4. The summed E-state index contributed by atoms with van der Waals surface area (Å²) in [6.07, 6.45) is 3.54. The SMILES string of the molecule is CC(C(=O)Nc1c(Cl)cc(N)cc1Cl)N(C)C1CCC1. The fourth-order valence-corrected chi connectivity index (χ4v) is 2.83. The van der Waals surface area contributed by atoms with Gasteiger partial charge in [-0.1, -0.05) is 29.6 Å². The van der Waals surface area contributed by atoms with Gasteiger partial charge in [-0.15, -0.1) is 0 Å². The molecule has 0 heterocycles. The van der Waals surface area contributed by atoms with Gasteiger partial charge in [-0.3, -0.25) is 9.69 Å². The van der Waals surface area contributed by atoms with Crippen molar-refractivity contribution in [3.05, 3.63) is 22.2 Å². The maximum absolute atomic E-state index is 12.3. The van der Waals surface area contributed by atoms with Gasteiger partial charge in [-0.25, -0.2) is 0 Å². The van der Waals surface area contributed by atoms with Crippen LogP contribution < -0.4 is 11.1 Å². The van der Waals surface area contributed by atoms with Gasteiger partial charge in [0.15, 0.2) is 0 Å². The van der Waals surface area contributed by atoms with Crippen LogP contribution in [0.3, 0.4) is 0 Å². The summed E-state index contributed by atoms with van der Waals surface area (Å²) < 4.78 is 0. The highest BCUT2D eigenvalue weighted by atomic mass is 35.5. The van der Waals surface area contributed by atoms with Gasteiger partial charge in [-0.05, 0) is 38.9 Å². The molecule has 0 aromatic heterocycles. The second kappa shape index (κ2) is 6.20. The Hall–Kier alpha value is -0.970. The number of nitrogens with two attached hydrogens (primary N) is 1. The molecule has 3 N–H and O–H groups in total. The van der Waals surface area contributed by atoms with Gasteiger partial charge in [0.25, 0.3) is 0 Å². The third-order valence-corrected chi connectivity index (χ3v) is 4.55. The largest absolute Gasteiger partial charge is 0.399 e. The molecule has 1 saturated carbocycles. The zero-order valence-electron chi connectivity index (χ0n) is 11.6. The van der Waals surface area contributed by atoms with E-state index < -0.39 is 0 Å². The Labute approximate surface area is 129 Å². The standard InChI is InChI=1S/C14H19Cl2N3O/c1-8(19(2)10-4-3-5-10)14(20)18-13-11(15)6-9(17)7-12(13)16/h6-8,10H,3-5,17H2,1-2H3,(H,18,20). The molecule has 0 saturated heterocycles. The van der Waals surface area contributed by atoms with E-state index in [1.165, 1.54) is 6.42 Å². The second-order valence-electron chi connectivity index (χ2n) is 5.27. The molecule has 4 nitrogen and oxygen atoms in total. The molecule has 0 spiro atoms. The number of rotatable bonds is 4. The maximum Gasteiger partial charge on any atom is 0.241 e. The predicted molar refractivity (Wildman–Crippen MR) is 84.4 cm³/mol. The van der Waals surface area contributed by atoms with E-state index in [4.69, 9.17) is 28.9 Å². The number of hydrogen-bond donors (Lipinski definition) is 2. The van der Waals surface area contributed by atoms with Crippen LogP contribution in [0, 0.1) is 0 Å². The van der Waals surface area contributed by atoms with E-state index in [9.17, 15) is 4.79 Å². The van der Waals surface area contributed by atoms with Gasteiger partial charge in [0.1, 0.15) is 0 Å². The minimum absolute atomic E-state index is 0.118. The molecular weight excluding hydrogens is 297 g/mol. The van der Waals surface area contributed by atoms with Crippen LogP contribution in [0.2, 0.25) is 10.0 Å². The number of carbonyl (C=O) groups is 1. The van der Waals surface area contributed by atoms with Crippen LogP contribution in [0.5, 0.6) is 0 Å². The molecule has 1 aromatic carbocycles. The van der Waals surface area contributed by atoms with Gasteiger partial charge in [0.2, 0.25) is 5.91 Å². The fraction of sp³-hybridized carbons (Fsp3) is 0.500. The molecule has 20 heavy (non-hydrogen) atoms. The second-order valence-corrected chi connectivity index (χ2v) is 6.09. The van der Waals surface area contributed by atoms with E-state index in [0.29, 0.717) is 27.5 Å². The topological polar surface area (TPSA) is 58.4 Å². The first-order chi connectivity index (χ1) is 9.40. The molecule has 1 atom stereocenters. The Morgan fingerprint density at radius 2 is 1.95 bits per heavy atom. The minimum atomic E-state index is -0.231. The molecular formula is C14H19Cl2N3O. The van der Waals surface area contributed by atoms with Crippen molar-refractivity contribution in [3.63, 3.8) is 0 Å². The van der Waals surface area contributed by atoms with Gasteiger partial charge in [0, 0.05) is 11.7 Å². The average Bonchev–Trinajstić information content (AvgIpc) is 2.30. The summed E-state index contributed by atoms with van der Waals surface area (Å²) >= 11 is 12.1. The lowest BCUT2D eigenvalue weighted by Crippen LogP contribution is -2.48. The fourth-order valence-electron chi connectivity index (χ4n) is 2.23. The normalized spacial score (nSPS) is 16.9. The number of carbonyl (C=O) groups excluding carboxylic acids is 1. The van der Waals surface area contributed by atoms with Crippen molar-refractivity contribution >= 4 is 40.5 Å². The molecule has 1 unspecified atom stereocenters. The van der Waals surface area contributed by atoms with Crippen LogP contribution in [-0.4, -0.2) is 29.9 Å². The molecule has 1 aromatic rings. The third-order valence-electron chi connectivity index (χ3n) is 3.95. The Balaban J connectivity index is 2.07. The highest BCUT2D eigenvalue weighted by Gasteiger charge is 2.29. The number of hydrogen-bond acceptors (Lipinski definition) is 3. The third kappa shape index (κ3) is 3.19. The lowest BCUT2D eigenvalue weighted by molar-refractivity contribution is -0.121. The molecule has 0 aliphatic heterocycles. The summed E-state index contributed by atoms with van der Waals surface area (Å²) in [7, 11) is 1.97. The quantitative estimate of drug-likeness (QED) is 0.837. The van der Waals surface area contributed by atoms with E-state index in [0.717, 1.165) is 12.8 Å². The molecule has 1 amide bonds. The summed E-state index contributed by atoms with van der Waals surface area (Å²) in [6, 6.07) is 3.41. The number of nitrogens with zero attached hydrogens (tertiary/aromatic N) is 1. The van der Waals surface area contributed by atoms with Crippen molar-refractivity contribution in [1.82, 2.24) is 4.90 Å². The van der Waals surface area contributed by atoms with Crippen molar-refractivity contribution in [1.29, 1.82) is 0 Å². The first-order valence-electron chi connectivity index (χ1n) is 6.67. The van der Waals surface area contributed by atoms with Crippen LogP contribution in [0.1, 0.15) is 26.2 Å². The van der Waals surface area contributed by atoms with Crippen molar-refractivity contribution in [2.24, 2.45) is 0 Å². The number of nitrogen functional groups attached to an aromatic ring is 1. The Morgan fingerprint density at radius 3 is 2.40 bits per heavy atom. The number of amides is 1. The van der Waals surface area contributed by atoms with E-state index in [1.54, 1.807) is 12.1 Å². The number of anilines is 2. The molecule has 1 aliphatic carbocycles. The number of benzene rings is 1. The monoisotopic (exact) mass is 315 g/mol. The molecule has 6 heteroatoms. The molecule has 1 aliphatic rings. The van der Waals surface area contributed by atoms with Gasteiger partial charge in [-0.2, -0.15) is 0 Å². The summed E-state index contributed by atoms with van der Waals surface area (Å²) in [5.74, 6) is -0.118. The molecule has 1 fully saturated rings. The first-order valence-corrected chi connectivity index (χ1v) is 7.43. The molecule has 110 valence electrons. The van der Waals surface area contributed by atoms with Crippen LogP contribution in [0.15, 0.2) is 12.1 Å². The Kier molecular flexibility index (Phi) is 4.78. The lowest BCUT2D eigenvalue weighted by Gasteiger charge is -2.37. The van der Waals surface area contributed by atoms with Crippen molar-refractivity contribution in [2.45, 2.75) is 38.3 Å². The van der Waals surface area contributed by atoms with Gasteiger partial charge < -0.3 is 11.1 Å². The highest BCUT2D eigenvalue weighted by Crippen LogP contribution is 2.33. The number of likely N-dealkylation sites (N-methyl/N-ethyl adjacent to an activating group) is 1. The summed E-state index contributed by atoms with van der Waals surface area (Å²) in [4.78, 5) is 14.4. The molecule has 0 bridgehead atoms. The van der Waals surface area contributed by atoms with Crippen molar-refractivity contribution in [3.8, 4) is 0 Å². The smallest absolute Gasteiger partial charge is 0.241 e. The van der Waals surface area contributed by atoms with E-state index >= 15 is 0 Å². The van der Waals surface area contributed by atoms with Gasteiger partial charge >= 0.3 is 0 Å². The molecule has 0 radical (unpaired) electrons.